The van der Waals surface area contributed by atoms with Crippen LogP contribution < -0.4 is 15.5 Å². The fraction of sp³-hybridized carbons (Fsp3) is 0.588. The molecule has 0 bridgehead atoms. The number of hydrogen-bond acceptors (Lipinski definition) is 4. The van der Waals surface area contributed by atoms with Gasteiger partial charge in [0.05, 0.1) is 5.75 Å². The molecule has 1 fully saturated rings. The minimum Gasteiger partial charge on any atom is -0.369 e. The van der Waals surface area contributed by atoms with Crippen molar-refractivity contribution in [3.63, 3.8) is 0 Å². The molecule has 0 aromatic heterocycles. The Morgan fingerprint density at radius 2 is 2.08 bits per heavy atom. The number of aliphatic imine (C=N–C) groups is 1. The zero-order valence-corrected chi connectivity index (χ0v) is 15.3. The number of rotatable bonds is 7. The average molecular weight is 353 g/mol. The molecule has 1 aromatic rings. The lowest BCUT2D eigenvalue weighted by Crippen LogP contribution is -2.44. The smallest absolute Gasteiger partial charge is 0.191 e. The van der Waals surface area contributed by atoms with Gasteiger partial charge in [0.25, 0.3) is 0 Å². The maximum absolute atomic E-state index is 11.2. The summed E-state index contributed by atoms with van der Waals surface area (Å²) in [6.45, 7) is 5.29. The third-order valence-corrected chi connectivity index (χ3v) is 4.97. The molecule has 1 aliphatic heterocycles. The van der Waals surface area contributed by atoms with Crippen LogP contribution in [0.25, 0.3) is 0 Å². The van der Waals surface area contributed by atoms with E-state index in [0.717, 1.165) is 32.0 Å². The maximum Gasteiger partial charge on any atom is 0.191 e. The first kappa shape index (κ1) is 18.6. The number of benzene rings is 1. The molecular weight excluding hydrogens is 324 g/mol. The van der Waals surface area contributed by atoms with Crippen LogP contribution in [0.2, 0.25) is 0 Å². The zero-order valence-electron chi connectivity index (χ0n) is 14.5. The van der Waals surface area contributed by atoms with Gasteiger partial charge >= 0.3 is 0 Å². The zero-order chi connectivity index (χ0) is 17.4. The van der Waals surface area contributed by atoms with Gasteiger partial charge in [-0.1, -0.05) is 18.2 Å². The van der Waals surface area contributed by atoms with Crippen molar-refractivity contribution < 1.29 is 8.42 Å². The van der Waals surface area contributed by atoms with E-state index in [-0.39, 0.29) is 5.75 Å². The van der Waals surface area contributed by atoms with Gasteiger partial charge in [-0.3, -0.25) is 4.99 Å². The van der Waals surface area contributed by atoms with Crippen molar-refractivity contribution >= 4 is 21.5 Å². The van der Waals surface area contributed by atoms with E-state index in [1.807, 2.05) is 13.0 Å². The predicted molar refractivity (Wildman–Crippen MR) is 101 cm³/mol. The topological polar surface area (TPSA) is 73.8 Å². The number of hydrogen-bond donors (Lipinski definition) is 2. The van der Waals surface area contributed by atoms with Crippen LogP contribution in [0, 0.1) is 0 Å². The Bertz CT molecular complexity index is 631. The molecule has 24 heavy (non-hydrogen) atoms. The number of anilines is 1. The van der Waals surface area contributed by atoms with E-state index in [9.17, 15) is 8.42 Å². The van der Waals surface area contributed by atoms with Crippen molar-refractivity contribution in [2.24, 2.45) is 4.99 Å². The SMILES string of the molecule is CCNC(=NCCCS(C)(=O)=O)NC1CCN(c2ccccc2)C1. The standard InChI is InChI=1S/C17H28N4O2S/c1-3-18-17(19-11-7-13-24(2,22)23)20-15-10-12-21(14-15)16-8-5-4-6-9-16/h4-6,8-9,15H,3,7,10-14H2,1-2H3,(H2,18,19,20). The van der Waals surface area contributed by atoms with E-state index in [0.29, 0.717) is 19.0 Å². The van der Waals surface area contributed by atoms with Crippen molar-refractivity contribution in [1.29, 1.82) is 0 Å². The van der Waals surface area contributed by atoms with Crippen LogP contribution in [0.5, 0.6) is 0 Å². The van der Waals surface area contributed by atoms with Gasteiger partial charge in [0.15, 0.2) is 5.96 Å². The minimum absolute atomic E-state index is 0.182. The molecule has 6 nitrogen and oxygen atoms in total. The van der Waals surface area contributed by atoms with Crippen molar-refractivity contribution in [1.82, 2.24) is 10.6 Å². The molecule has 0 radical (unpaired) electrons. The molecule has 0 aliphatic carbocycles. The van der Waals surface area contributed by atoms with E-state index in [1.165, 1.54) is 11.9 Å². The summed E-state index contributed by atoms with van der Waals surface area (Å²) < 4.78 is 22.3. The van der Waals surface area contributed by atoms with Crippen LogP contribution in [0.1, 0.15) is 19.8 Å². The molecule has 0 saturated carbocycles. The Kier molecular flexibility index (Phi) is 6.90. The van der Waals surface area contributed by atoms with Crippen LogP contribution in [0.15, 0.2) is 35.3 Å². The van der Waals surface area contributed by atoms with Gasteiger partial charge in [-0.05, 0) is 31.9 Å². The van der Waals surface area contributed by atoms with E-state index in [2.05, 4.69) is 44.8 Å². The molecule has 1 aromatic carbocycles. The number of para-hydroxylation sites is 1. The van der Waals surface area contributed by atoms with E-state index in [4.69, 9.17) is 0 Å². The van der Waals surface area contributed by atoms with Crippen molar-refractivity contribution in [2.45, 2.75) is 25.8 Å². The highest BCUT2D eigenvalue weighted by atomic mass is 32.2. The van der Waals surface area contributed by atoms with E-state index >= 15 is 0 Å². The van der Waals surface area contributed by atoms with Gasteiger partial charge in [-0.15, -0.1) is 0 Å². The molecule has 1 atom stereocenters. The Hall–Kier alpha value is -1.76. The van der Waals surface area contributed by atoms with E-state index in [1.54, 1.807) is 0 Å². The van der Waals surface area contributed by atoms with Crippen LogP contribution >= 0.6 is 0 Å². The monoisotopic (exact) mass is 352 g/mol. The first-order chi connectivity index (χ1) is 11.5. The summed E-state index contributed by atoms with van der Waals surface area (Å²) in [5.74, 6) is 0.951. The van der Waals surface area contributed by atoms with Crippen LogP contribution in [-0.2, 0) is 9.84 Å². The minimum atomic E-state index is -2.91. The molecule has 1 heterocycles. The number of guanidine groups is 1. The molecule has 0 amide bonds. The number of sulfone groups is 1. The third kappa shape index (κ3) is 6.39. The summed E-state index contributed by atoms with van der Waals surface area (Å²) in [6.07, 6.45) is 2.87. The van der Waals surface area contributed by atoms with E-state index < -0.39 is 9.84 Å². The second kappa shape index (κ2) is 8.92. The van der Waals surface area contributed by atoms with Crippen LogP contribution in [0.4, 0.5) is 5.69 Å². The summed E-state index contributed by atoms with van der Waals surface area (Å²) in [6, 6.07) is 10.8. The quantitative estimate of drug-likeness (QED) is 0.439. The molecule has 7 heteroatoms. The van der Waals surface area contributed by atoms with Crippen LogP contribution in [0.3, 0.4) is 0 Å². The summed E-state index contributed by atoms with van der Waals surface area (Å²) >= 11 is 0. The summed E-state index contributed by atoms with van der Waals surface area (Å²) in [5, 5.41) is 6.69. The molecule has 0 spiro atoms. The molecular formula is C17H28N4O2S. The predicted octanol–water partition coefficient (Wildman–Crippen LogP) is 1.26. The highest BCUT2D eigenvalue weighted by Gasteiger charge is 2.23. The highest BCUT2D eigenvalue weighted by Crippen LogP contribution is 2.19. The molecule has 2 rings (SSSR count). The normalized spacial score (nSPS) is 18.7. The average Bonchev–Trinajstić information content (AvgIpc) is 3.00. The Labute approximate surface area is 145 Å². The van der Waals surface area contributed by atoms with Gasteiger partial charge in [-0.2, -0.15) is 0 Å². The van der Waals surface area contributed by atoms with Crippen molar-refractivity contribution in [2.75, 3.05) is 43.1 Å². The Morgan fingerprint density at radius 3 is 2.75 bits per heavy atom. The van der Waals surface area contributed by atoms with Gasteiger partial charge in [0, 0.05) is 44.2 Å². The molecule has 1 unspecified atom stereocenters. The molecule has 2 N–H and O–H groups in total. The van der Waals surface area contributed by atoms with Gasteiger partial charge in [0.1, 0.15) is 9.84 Å². The third-order valence-electron chi connectivity index (χ3n) is 3.94. The Morgan fingerprint density at radius 1 is 1.33 bits per heavy atom. The largest absolute Gasteiger partial charge is 0.369 e. The second-order valence-electron chi connectivity index (χ2n) is 6.16. The lowest BCUT2D eigenvalue weighted by molar-refractivity contribution is 0.599. The maximum atomic E-state index is 11.2. The summed E-state index contributed by atoms with van der Waals surface area (Å²) in [4.78, 5) is 6.86. The lowest BCUT2D eigenvalue weighted by Gasteiger charge is -2.20. The first-order valence-corrected chi connectivity index (χ1v) is 10.6. The van der Waals surface area contributed by atoms with Gasteiger partial charge < -0.3 is 15.5 Å². The second-order valence-corrected chi connectivity index (χ2v) is 8.42. The summed E-state index contributed by atoms with van der Waals surface area (Å²) in [5.41, 5.74) is 1.25. The molecule has 1 saturated heterocycles. The number of nitrogens with zero attached hydrogens (tertiary/aromatic N) is 2. The summed E-state index contributed by atoms with van der Waals surface area (Å²) in [7, 11) is -2.91. The van der Waals surface area contributed by atoms with Crippen molar-refractivity contribution in [3.05, 3.63) is 30.3 Å². The van der Waals surface area contributed by atoms with Gasteiger partial charge in [-0.25, -0.2) is 8.42 Å². The fourth-order valence-corrected chi connectivity index (χ4v) is 3.44. The van der Waals surface area contributed by atoms with Crippen molar-refractivity contribution in [3.8, 4) is 0 Å². The molecule has 134 valence electrons. The highest BCUT2D eigenvalue weighted by molar-refractivity contribution is 7.90. The first-order valence-electron chi connectivity index (χ1n) is 8.50. The number of nitrogens with one attached hydrogen (secondary N) is 2. The Balaban J connectivity index is 1.84. The van der Waals surface area contributed by atoms with Crippen LogP contribution in [-0.4, -0.2) is 58.6 Å². The van der Waals surface area contributed by atoms with Gasteiger partial charge in [0.2, 0.25) is 0 Å². The molecule has 1 aliphatic rings. The fourth-order valence-electron chi connectivity index (χ4n) is 2.78. The lowest BCUT2D eigenvalue weighted by atomic mass is 10.3.